The molecule has 0 aliphatic carbocycles. The van der Waals surface area contributed by atoms with E-state index in [9.17, 15) is 9.18 Å². The molecule has 0 bridgehead atoms. The molecule has 0 saturated heterocycles. The predicted octanol–water partition coefficient (Wildman–Crippen LogP) is 5.16. The van der Waals surface area contributed by atoms with Crippen LogP contribution in [0.25, 0.3) is 11.3 Å². The minimum absolute atomic E-state index is 0.0736. The van der Waals surface area contributed by atoms with E-state index in [2.05, 4.69) is 10.3 Å². The van der Waals surface area contributed by atoms with Crippen molar-refractivity contribution in [1.82, 2.24) is 4.98 Å². The lowest BCUT2D eigenvalue weighted by molar-refractivity contribution is 0.102. The highest BCUT2D eigenvalue weighted by molar-refractivity contribution is 7.09. The van der Waals surface area contributed by atoms with Gasteiger partial charge < -0.3 is 5.32 Å². The summed E-state index contributed by atoms with van der Waals surface area (Å²) in [5, 5.41) is 5.77. The van der Waals surface area contributed by atoms with E-state index in [4.69, 9.17) is 11.6 Å². The Morgan fingerprint density at radius 2 is 2.04 bits per heavy atom. The molecule has 1 amide bonds. The van der Waals surface area contributed by atoms with Crippen LogP contribution in [0.2, 0.25) is 5.02 Å². The third-order valence-electron chi connectivity index (χ3n) is 3.25. The minimum Gasteiger partial charge on any atom is -0.321 e. The van der Waals surface area contributed by atoms with Gasteiger partial charge >= 0.3 is 0 Å². The van der Waals surface area contributed by atoms with E-state index in [1.54, 1.807) is 17.4 Å². The maximum Gasteiger partial charge on any atom is 0.257 e. The second-order valence-electron chi connectivity index (χ2n) is 4.88. The van der Waals surface area contributed by atoms with Gasteiger partial charge in [-0.05, 0) is 31.2 Å². The molecular weight excluding hydrogens is 335 g/mol. The number of aromatic nitrogens is 1. The number of para-hydroxylation sites is 1. The molecule has 0 fully saturated rings. The first kappa shape index (κ1) is 15.6. The Balaban J connectivity index is 1.93. The molecule has 23 heavy (non-hydrogen) atoms. The van der Waals surface area contributed by atoms with Crippen molar-refractivity contribution in [1.29, 1.82) is 0 Å². The molecule has 1 heterocycles. The number of hydrogen-bond donors (Lipinski definition) is 1. The van der Waals surface area contributed by atoms with Crippen LogP contribution in [0.3, 0.4) is 0 Å². The number of nitrogens with one attached hydrogen (secondary N) is 1. The first-order chi connectivity index (χ1) is 11.0. The van der Waals surface area contributed by atoms with Crippen molar-refractivity contribution < 1.29 is 9.18 Å². The van der Waals surface area contributed by atoms with Crippen LogP contribution in [0.15, 0.2) is 47.8 Å². The Bertz CT molecular complexity index is 879. The summed E-state index contributed by atoms with van der Waals surface area (Å²) in [6.45, 7) is 1.92. The molecule has 116 valence electrons. The summed E-state index contributed by atoms with van der Waals surface area (Å²) in [6.07, 6.45) is 0. The van der Waals surface area contributed by atoms with Crippen LogP contribution < -0.4 is 5.32 Å². The van der Waals surface area contributed by atoms with Gasteiger partial charge in [-0.2, -0.15) is 0 Å². The van der Waals surface area contributed by atoms with Crippen molar-refractivity contribution in [3.8, 4) is 11.3 Å². The number of carbonyl (C=O) groups excluding carboxylic acids is 1. The third-order valence-corrected chi connectivity index (χ3v) is 4.33. The van der Waals surface area contributed by atoms with E-state index in [0.717, 1.165) is 22.3 Å². The van der Waals surface area contributed by atoms with Gasteiger partial charge in [0, 0.05) is 10.9 Å². The first-order valence-corrected chi connectivity index (χ1v) is 8.08. The summed E-state index contributed by atoms with van der Waals surface area (Å²) in [7, 11) is 0. The fourth-order valence-corrected chi connectivity index (χ4v) is 3.03. The van der Waals surface area contributed by atoms with E-state index < -0.39 is 11.7 Å². The van der Waals surface area contributed by atoms with Gasteiger partial charge in [-0.15, -0.1) is 11.3 Å². The lowest BCUT2D eigenvalue weighted by Crippen LogP contribution is -2.13. The van der Waals surface area contributed by atoms with Crippen molar-refractivity contribution >= 4 is 34.5 Å². The zero-order valence-corrected chi connectivity index (χ0v) is 13.7. The summed E-state index contributed by atoms with van der Waals surface area (Å²) >= 11 is 7.48. The number of halogens is 2. The molecule has 2 aromatic carbocycles. The summed E-state index contributed by atoms with van der Waals surface area (Å²) < 4.78 is 13.1. The van der Waals surface area contributed by atoms with Crippen molar-refractivity contribution in [3.63, 3.8) is 0 Å². The van der Waals surface area contributed by atoms with E-state index in [0.29, 0.717) is 5.69 Å². The Morgan fingerprint density at radius 1 is 1.26 bits per heavy atom. The molecule has 0 radical (unpaired) electrons. The highest BCUT2D eigenvalue weighted by atomic mass is 35.5. The SMILES string of the molecule is Cc1nc(-c2ccccc2NC(=O)c2ccc(F)cc2Cl)cs1. The van der Waals surface area contributed by atoms with Crippen LogP contribution >= 0.6 is 22.9 Å². The summed E-state index contributed by atoms with van der Waals surface area (Å²) in [6, 6.07) is 11.1. The van der Waals surface area contributed by atoms with Gasteiger partial charge in [-0.1, -0.05) is 29.8 Å². The fraction of sp³-hybridized carbons (Fsp3) is 0.0588. The normalized spacial score (nSPS) is 10.6. The van der Waals surface area contributed by atoms with E-state index in [1.165, 1.54) is 12.1 Å². The van der Waals surface area contributed by atoms with Crippen molar-refractivity contribution in [2.45, 2.75) is 6.92 Å². The maximum atomic E-state index is 13.1. The molecule has 1 N–H and O–H groups in total. The van der Waals surface area contributed by atoms with Crippen LogP contribution in [0.4, 0.5) is 10.1 Å². The summed E-state index contributed by atoms with van der Waals surface area (Å²) in [5.41, 5.74) is 2.47. The molecule has 0 atom stereocenters. The van der Waals surface area contributed by atoms with Gasteiger partial charge in [0.2, 0.25) is 0 Å². The van der Waals surface area contributed by atoms with Crippen molar-refractivity contribution in [3.05, 3.63) is 69.3 Å². The number of thiazole rings is 1. The molecule has 1 aromatic heterocycles. The van der Waals surface area contributed by atoms with Gasteiger partial charge in [0.15, 0.2) is 0 Å². The molecular formula is C17H12ClFN2OS. The standard InChI is InChI=1S/C17H12ClFN2OS/c1-10-20-16(9-23-10)13-4-2-3-5-15(13)21-17(22)12-7-6-11(19)8-14(12)18/h2-9H,1H3,(H,21,22). The van der Waals surface area contributed by atoms with Gasteiger partial charge in [0.05, 0.1) is 27.0 Å². The molecule has 0 spiro atoms. The first-order valence-electron chi connectivity index (χ1n) is 6.82. The van der Waals surface area contributed by atoms with E-state index >= 15 is 0 Å². The van der Waals surface area contributed by atoms with Crippen LogP contribution in [0.5, 0.6) is 0 Å². The molecule has 3 aromatic rings. The Morgan fingerprint density at radius 3 is 2.74 bits per heavy atom. The second-order valence-corrected chi connectivity index (χ2v) is 6.35. The Kier molecular flexibility index (Phi) is 4.41. The van der Waals surface area contributed by atoms with Crippen molar-refractivity contribution in [2.24, 2.45) is 0 Å². The zero-order chi connectivity index (χ0) is 16.4. The fourth-order valence-electron chi connectivity index (χ4n) is 2.17. The number of carbonyl (C=O) groups is 1. The van der Waals surface area contributed by atoms with E-state index in [1.807, 2.05) is 30.5 Å². The molecule has 3 rings (SSSR count). The Labute approximate surface area is 141 Å². The lowest BCUT2D eigenvalue weighted by Gasteiger charge is -2.10. The molecule has 0 unspecified atom stereocenters. The number of nitrogens with zero attached hydrogens (tertiary/aromatic N) is 1. The summed E-state index contributed by atoms with van der Waals surface area (Å²) in [4.78, 5) is 16.8. The number of aryl methyl sites for hydroxylation is 1. The van der Waals surface area contributed by atoms with Crippen LogP contribution in [-0.2, 0) is 0 Å². The molecule has 0 aliphatic rings. The molecule has 6 heteroatoms. The average molecular weight is 347 g/mol. The smallest absolute Gasteiger partial charge is 0.257 e. The highest BCUT2D eigenvalue weighted by Crippen LogP contribution is 2.29. The number of hydrogen-bond acceptors (Lipinski definition) is 3. The van der Waals surface area contributed by atoms with Gasteiger partial charge in [0.1, 0.15) is 5.82 Å². The third kappa shape index (κ3) is 3.41. The molecule has 3 nitrogen and oxygen atoms in total. The molecule has 0 saturated carbocycles. The Hall–Kier alpha value is -2.24. The minimum atomic E-state index is -0.482. The highest BCUT2D eigenvalue weighted by Gasteiger charge is 2.14. The number of amides is 1. The van der Waals surface area contributed by atoms with Crippen LogP contribution in [0, 0.1) is 12.7 Å². The maximum absolute atomic E-state index is 13.1. The average Bonchev–Trinajstić information content (AvgIpc) is 2.94. The van der Waals surface area contributed by atoms with Crippen LogP contribution in [-0.4, -0.2) is 10.9 Å². The topological polar surface area (TPSA) is 42.0 Å². The van der Waals surface area contributed by atoms with E-state index in [-0.39, 0.29) is 10.6 Å². The van der Waals surface area contributed by atoms with Crippen LogP contribution in [0.1, 0.15) is 15.4 Å². The lowest BCUT2D eigenvalue weighted by atomic mass is 10.1. The second kappa shape index (κ2) is 6.48. The quantitative estimate of drug-likeness (QED) is 0.711. The summed E-state index contributed by atoms with van der Waals surface area (Å²) in [5.74, 6) is -0.876. The number of benzene rings is 2. The number of rotatable bonds is 3. The molecule has 0 aliphatic heterocycles. The van der Waals surface area contributed by atoms with Gasteiger partial charge in [-0.25, -0.2) is 9.37 Å². The monoisotopic (exact) mass is 346 g/mol. The van der Waals surface area contributed by atoms with Gasteiger partial charge in [0.25, 0.3) is 5.91 Å². The zero-order valence-electron chi connectivity index (χ0n) is 12.1. The van der Waals surface area contributed by atoms with Gasteiger partial charge in [-0.3, -0.25) is 4.79 Å². The van der Waals surface area contributed by atoms with Crippen molar-refractivity contribution in [2.75, 3.05) is 5.32 Å². The largest absolute Gasteiger partial charge is 0.321 e. The predicted molar refractivity (Wildman–Crippen MR) is 91.7 cm³/mol. The number of anilines is 1.